The van der Waals surface area contributed by atoms with Crippen LogP contribution in [0.5, 0.6) is 5.75 Å². The van der Waals surface area contributed by atoms with E-state index in [4.69, 9.17) is 4.74 Å². The van der Waals surface area contributed by atoms with E-state index in [0.29, 0.717) is 18.0 Å². The lowest BCUT2D eigenvalue weighted by molar-refractivity contribution is 0.308. The van der Waals surface area contributed by atoms with E-state index in [1.165, 1.54) is 5.56 Å². The fraction of sp³-hybridized carbons (Fsp3) is 0.625. The van der Waals surface area contributed by atoms with Gasteiger partial charge in [-0.2, -0.15) is 0 Å². The predicted molar refractivity (Wildman–Crippen MR) is 82.7 cm³/mol. The third-order valence-electron chi connectivity index (χ3n) is 3.96. The highest BCUT2D eigenvalue weighted by Crippen LogP contribution is 2.30. The molecule has 20 heavy (non-hydrogen) atoms. The second-order valence-corrected chi connectivity index (χ2v) is 5.55. The summed E-state index contributed by atoms with van der Waals surface area (Å²) in [6.07, 6.45) is 2.27. The molecule has 3 atom stereocenters. The van der Waals surface area contributed by atoms with E-state index in [1.807, 2.05) is 13.1 Å². The Morgan fingerprint density at radius 2 is 2.15 bits per heavy atom. The zero-order valence-electron chi connectivity index (χ0n) is 12.8. The molecule has 0 bridgehead atoms. The summed E-state index contributed by atoms with van der Waals surface area (Å²) in [5.74, 6) is 1.51. The summed E-state index contributed by atoms with van der Waals surface area (Å²) < 4.78 is 5.80. The second kappa shape index (κ2) is 7.62. The topological polar surface area (TPSA) is 45.3 Å². The van der Waals surface area contributed by atoms with Crippen molar-refractivity contribution in [2.75, 3.05) is 20.2 Å². The summed E-state index contributed by atoms with van der Waals surface area (Å²) in [6.45, 7) is 6.19. The van der Waals surface area contributed by atoms with Crippen LogP contribution in [0.2, 0.25) is 0 Å². The number of rotatable bonds is 7. The Balaban J connectivity index is 2.05. The van der Waals surface area contributed by atoms with Crippen molar-refractivity contribution in [3.63, 3.8) is 0 Å². The van der Waals surface area contributed by atoms with Gasteiger partial charge in [-0.1, -0.05) is 25.5 Å². The summed E-state index contributed by atoms with van der Waals surface area (Å²) in [4.78, 5) is 0. The molecular weight excluding hydrogens is 250 g/mol. The van der Waals surface area contributed by atoms with Crippen LogP contribution in [0.4, 0.5) is 0 Å². The average Bonchev–Trinajstić information content (AvgIpc) is 2.82. The Morgan fingerprint density at radius 3 is 2.90 bits per heavy atom. The van der Waals surface area contributed by atoms with Crippen molar-refractivity contribution >= 4 is 0 Å². The molecule has 1 aliphatic heterocycles. The maximum Gasteiger partial charge on any atom is 0.119 e. The van der Waals surface area contributed by atoms with Gasteiger partial charge in [-0.3, -0.25) is 5.43 Å². The van der Waals surface area contributed by atoms with Crippen molar-refractivity contribution < 1.29 is 4.74 Å². The molecule has 3 N–H and O–H groups in total. The molecular formula is C16H27N3O. The number of nitrogens with one attached hydrogen (secondary N) is 3. The number of hydrogen-bond donors (Lipinski definition) is 3. The van der Waals surface area contributed by atoms with Crippen molar-refractivity contribution in [3.05, 3.63) is 29.8 Å². The van der Waals surface area contributed by atoms with Crippen LogP contribution in [0.3, 0.4) is 0 Å². The first-order chi connectivity index (χ1) is 9.76. The minimum Gasteiger partial charge on any atom is -0.494 e. The van der Waals surface area contributed by atoms with Gasteiger partial charge in [0.25, 0.3) is 0 Å². The van der Waals surface area contributed by atoms with Gasteiger partial charge in [0.15, 0.2) is 0 Å². The molecule has 1 aromatic carbocycles. The van der Waals surface area contributed by atoms with Gasteiger partial charge in [-0.25, -0.2) is 5.43 Å². The van der Waals surface area contributed by atoms with Crippen LogP contribution in [-0.2, 0) is 0 Å². The van der Waals surface area contributed by atoms with Gasteiger partial charge >= 0.3 is 0 Å². The first-order valence-electron chi connectivity index (χ1n) is 7.64. The number of benzene rings is 1. The van der Waals surface area contributed by atoms with Crippen LogP contribution in [0.25, 0.3) is 0 Å². The van der Waals surface area contributed by atoms with E-state index in [0.717, 1.165) is 31.7 Å². The van der Waals surface area contributed by atoms with Crippen LogP contribution < -0.4 is 20.9 Å². The number of hydrazine groups is 1. The van der Waals surface area contributed by atoms with Crippen LogP contribution in [-0.4, -0.2) is 26.2 Å². The van der Waals surface area contributed by atoms with Gasteiger partial charge in [0.05, 0.1) is 12.6 Å². The molecule has 4 heteroatoms. The van der Waals surface area contributed by atoms with Gasteiger partial charge in [-0.05, 0) is 38.1 Å². The van der Waals surface area contributed by atoms with Crippen molar-refractivity contribution in [2.24, 2.45) is 5.92 Å². The van der Waals surface area contributed by atoms with Gasteiger partial charge < -0.3 is 10.1 Å². The second-order valence-electron chi connectivity index (χ2n) is 5.55. The molecule has 0 saturated carbocycles. The SMILES string of the molecule is CCCCOc1cccc(C2NNC(C)C2CNC)c1. The van der Waals surface area contributed by atoms with Crippen LogP contribution in [0, 0.1) is 5.92 Å². The molecule has 1 fully saturated rings. The van der Waals surface area contributed by atoms with Gasteiger partial charge in [-0.15, -0.1) is 0 Å². The molecule has 4 nitrogen and oxygen atoms in total. The molecule has 0 radical (unpaired) electrons. The van der Waals surface area contributed by atoms with Crippen molar-refractivity contribution in [1.82, 2.24) is 16.2 Å². The maximum absolute atomic E-state index is 5.80. The summed E-state index contributed by atoms with van der Waals surface area (Å²) in [7, 11) is 2.01. The lowest BCUT2D eigenvalue weighted by Gasteiger charge is -2.21. The zero-order valence-corrected chi connectivity index (χ0v) is 12.8. The normalized spacial score (nSPS) is 25.9. The van der Waals surface area contributed by atoms with Crippen LogP contribution in [0.1, 0.15) is 38.3 Å². The van der Waals surface area contributed by atoms with E-state index in [1.54, 1.807) is 0 Å². The largest absolute Gasteiger partial charge is 0.494 e. The molecule has 1 saturated heterocycles. The van der Waals surface area contributed by atoms with Gasteiger partial charge in [0.2, 0.25) is 0 Å². The van der Waals surface area contributed by atoms with E-state index in [2.05, 4.69) is 48.2 Å². The molecule has 112 valence electrons. The smallest absolute Gasteiger partial charge is 0.119 e. The Kier molecular flexibility index (Phi) is 5.83. The summed E-state index contributed by atoms with van der Waals surface area (Å²) >= 11 is 0. The Morgan fingerprint density at radius 1 is 1.30 bits per heavy atom. The van der Waals surface area contributed by atoms with E-state index in [-0.39, 0.29) is 0 Å². The molecule has 3 unspecified atom stereocenters. The number of hydrogen-bond acceptors (Lipinski definition) is 4. The van der Waals surface area contributed by atoms with Crippen LogP contribution >= 0.6 is 0 Å². The first kappa shape index (κ1) is 15.3. The summed E-state index contributed by atoms with van der Waals surface area (Å²) in [5.41, 5.74) is 8.04. The molecule has 1 aromatic rings. The third kappa shape index (κ3) is 3.72. The molecule has 0 aromatic heterocycles. The van der Waals surface area contributed by atoms with E-state index < -0.39 is 0 Å². The monoisotopic (exact) mass is 277 g/mol. The molecule has 0 amide bonds. The average molecular weight is 277 g/mol. The van der Waals surface area contributed by atoms with Crippen molar-refractivity contribution in [1.29, 1.82) is 0 Å². The highest BCUT2D eigenvalue weighted by Gasteiger charge is 2.33. The number of ether oxygens (including phenoxy) is 1. The van der Waals surface area contributed by atoms with Gasteiger partial charge in [0, 0.05) is 18.5 Å². The minimum atomic E-state index is 0.326. The van der Waals surface area contributed by atoms with Crippen LogP contribution in [0.15, 0.2) is 24.3 Å². The van der Waals surface area contributed by atoms with Crippen molar-refractivity contribution in [2.45, 2.75) is 38.8 Å². The molecule has 0 aliphatic carbocycles. The van der Waals surface area contributed by atoms with E-state index >= 15 is 0 Å². The molecule has 1 aliphatic rings. The number of unbranched alkanes of at least 4 members (excludes halogenated alkanes) is 1. The van der Waals surface area contributed by atoms with Gasteiger partial charge in [0.1, 0.15) is 5.75 Å². The molecule has 0 spiro atoms. The molecule has 2 rings (SSSR count). The zero-order chi connectivity index (χ0) is 14.4. The Bertz CT molecular complexity index is 410. The lowest BCUT2D eigenvalue weighted by atomic mass is 9.90. The Hall–Kier alpha value is -1.10. The van der Waals surface area contributed by atoms with E-state index in [9.17, 15) is 0 Å². The predicted octanol–water partition coefficient (Wildman–Crippen LogP) is 2.24. The fourth-order valence-electron chi connectivity index (χ4n) is 2.72. The quantitative estimate of drug-likeness (QED) is 0.669. The van der Waals surface area contributed by atoms with Crippen molar-refractivity contribution in [3.8, 4) is 5.75 Å². The Labute approximate surface area is 122 Å². The summed E-state index contributed by atoms with van der Waals surface area (Å²) in [5, 5.41) is 3.29. The maximum atomic E-state index is 5.80. The standard InChI is InChI=1S/C16H27N3O/c1-4-5-9-20-14-8-6-7-13(10-14)16-15(11-17-3)12(2)18-19-16/h6-8,10,12,15-19H,4-5,9,11H2,1-3H3. The third-order valence-corrected chi connectivity index (χ3v) is 3.96. The fourth-order valence-corrected chi connectivity index (χ4v) is 2.72. The highest BCUT2D eigenvalue weighted by atomic mass is 16.5. The molecule has 1 heterocycles. The highest BCUT2D eigenvalue weighted by molar-refractivity contribution is 5.31. The minimum absolute atomic E-state index is 0.326. The lowest BCUT2D eigenvalue weighted by Crippen LogP contribution is -2.31. The first-order valence-corrected chi connectivity index (χ1v) is 7.64. The summed E-state index contributed by atoms with van der Waals surface area (Å²) in [6, 6.07) is 9.24.